The van der Waals surface area contributed by atoms with Gasteiger partial charge in [-0.2, -0.15) is 0 Å². The smallest absolute Gasteiger partial charge is 0.407 e. The summed E-state index contributed by atoms with van der Waals surface area (Å²) in [6.45, 7) is 18.9. The molecule has 410 valence electrons. The van der Waals surface area contributed by atoms with Gasteiger partial charge in [0.25, 0.3) is 5.56 Å². The van der Waals surface area contributed by atoms with Crippen LogP contribution in [-0.2, 0) is 87.1 Å². The minimum atomic E-state index is -2.05. The number of para-hydroxylation sites is 1. The molecule has 75 heavy (non-hydrogen) atoms. The normalized spacial score (nSPS) is 17.8. The minimum Gasteiger partial charge on any atom is -0.460 e. The van der Waals surface area contributed by atoms with Gasteiger partial charge in [-0.3, -0.25) is 24.0 Å². The number of rotatable bonds is 23. The lowest BCUT2D eigenvalue weighted by molar-refractivity contribution is -0.191. The molecule has 0 aliphatic carbocycles. The maximum Gasteiger partial charge on any atom is 0.407 e. The number of benzene rings is 1. The fourth-order valence-electron chi connectivity index (χ4n) is 9.42. The van der Waals surface area contributed by atoms with E-state index in [1.807, 2.05) is 31.2 Å². The predicted molar refractivity (Wildman–Crippen MR) is 273 cm³/mol. The van der Waals surface area contributed by atoms with Crippen molar-refractivity contribution in [3.05, 3.63) is 62.9 Å². The van der Waals surface area contributed by atoms with Crippen molar-refractivity contribution < 1.29 is 66.7 Å². The topological polar surface area (TPSA) is 258 Å². The van der Waals surface area contributed by atoms with Gasteiger partial charge in [0.05, 0.1) is 75.1 Å². The number of nitrogens with one attached hydrogen (secondary N) is 3. The Morgan fingerprint density at radius 2 is 1.53 bits per heavy atom. The monoisotopic (exact) mass is 1050 g/mol. The van der Waals surface area contributed by atoms with E-state index in [1.54, 1.807) is 72.9 Å². The Hall–Kier alpha value is -6.45. The number of pyridine rings is 2. The summed E-state index contributed by atoms with van der Waals surface area (Å²) >= 11 is 0. The van der Waals surface area contributed by atoms with Crippen molar-refractivity contribution in [1.82, 2.24) is 30.4 Å². The molecule has 1 saturated heterocycles. The number of amides is 4. The highest BCUT2D eigenvalue weighted by molar-refractivity contribution is 5.96. The molecule has 0 spiro atoms. The van der Waals surface area contributed by atoms with E-state index in [9.17, 15) is 38.4 Å². The molecule has 0 unspecified atom stereocenters. The van der Waals surface area contributed by atoms with Crippen LogP contribution in [0.4, 0.5) is 4.79 Å². The van der Waals surface area contributed by atoms with E-state index in [0.29, 0.717) is 24.2 Å². The molecule has 2 aromatic heterocycles. The molecule has 0 radical (unpaired) electrons. The van der Waals surface area contributed by atoms with Gasteiger partial charge in [0, 0.05) is 36.0 Å². The fourth-order valence-corrected chi connectivity index (χ4v) is 9.42. The Balaban J connectivity index is 1.08. The van der Waals surface area contributed by atoms with Gasteiger partial charge >= 0.3 is 24.0 Å². The first-order chi connectivity index (χ1) is 35.5. The summed E-state index contributed by atoms with van der Waals surface area (Å²) in [7, 11) is 0. The minimum absolute atomic E-state index is 0.0267. The second-order valence-corrected chi connectivity index (χ2v) is 21.1. The van der Waals surface area contributed by atoms with Crippen LogP contribution in [-0.4, -0.2) is 138 Å². The highest BCUT2D eigenvalue weighted by Crippen LogP contribution is 2.42. The highest BCUT2D eigenvalue weighted by atomic mass is 16.6. The number of fused-ring (bicyclic) bond motifs is 5. The van der Waals surface area contributed by atoms with E-state index >= 15 is 0 Å². The quantitative estimate of drug-likeness (QED) is 0.0525. The van der Waals surface area contributed by atoms with Gasteiger partial charge in [-0.05, 0) is 90.8 Å². The second kappa shape index (κ2) is 24.9. The maximum absolute atomic E-state index is 14.5. The van der Waals surface area contributed by atoms with E-state index in [4.69, 9.17) is 38.1 Å². The van der Waals surface area contributed by atoms with Crippen LogP contribution >= 0.6 is 0 Å². The summed E-state index contributed by atoms with van der Waals surface area (Å²) in [6.07, 6.45) is -0.0223. The third-order valence-electron chi connectivity index (χ3n) is 12.9. The van der Waals surface area contributed by atoms with Crippen molar-refractivity contribution in [2.75, 3.05) is 52.7 Å². The molecule has 5 heterocycles. The van der Waals surface area contributed by atoms with Crippen molar-refractivity contribution in [2.24, 2.45) is 5.92 Å². The van der Waals surface area contributed by atoms with Crippen molar-refractivity contribution >= 4 is 52.6 Å². The number of ether oxygens (including phenoxy) is 7. The summed E-state index contributed by atoms with van der Waals surface area (Å²) in [5, 5.41) is 8.99. The van der Waals surface area contributed by atoms with Crippen molar-refractivity contribution in [1.29, 1.82) is 0 Å². The third kappa shape index (κ3) is 14.3. The van der Waals surface area contributed by atoms with E-state index in [2.05, 4.69) is 16.0 Å². The van der Waals surface area contributed by atoms with Crippen molar-refractivity contribution in [3.8, 4) is 11.4 Å². The fraction of sp³-hybridized carbons (Fsp3) is 0.611. The Morgan fingerprint density at radius 1 is 0.867 bits per heavy atom. The molecule has 3 aromatic rings. The van der Waals surface area contributed by atoms with Crippen molar-refractivity contribution in [2.45, 2.75) is 156 Å². The molecule has 6 rings (SSSR count). The number of aryl methyl sites for hydroxylation is 1. The van der Waals surface area contributed by atoms with Gasteiger partial charge < -0.3 is 58.6 Å². The van der Waals surface area contributed by atoms with Crippen LogP contribution < -0.4 is 21.5 Å². The Bertz CT molecular complexity index is 2670. The predicted octanol–water partition coefficient (Wildman–Crippen LogP) is 4.51. The average Bonchev–Trinajstić information content (AvgIpc) is 3.98. The molecule has 1 fully saturated rings. The largest absolute Gasteiger partial charge is 0.460 e. The van der Waals surface area contributed by atoms with Gasteiger partial charge in [-0.15, -0.1) is 0 Å². The Kier molecular flexibility index (Phi) is 19.2. The number of carbonyl (C=O) groups excluding carboxylic acids is 7. The first-order valence-corrected chi connectivity index (χ1v) is 25.9. The first-order valence-electron chi connectivity index (χ1n) is 25.9. The summed E-state index contributed by atoms with van der Waals surface area (Å²) in [6, 6.07) is 5.60. The molecule has 1 aromatic carbocycles. The zero-order valence-corrected chi connectivity index (χ0v) is 45.0. The molecular formula is C54H74N6O15. The molecule has 3 aliphatic rings. The lowest BCUT2D eigenvalue weighted by Crippen LogP contribution is -2.57. The maximum atomic E-state index is 14.5. The number of nitrogens with zero attached hydrogens (tertiary/aromatic N) is 3. The van der Waals surface area contributed by atoms with Crippen LogP contribution in [0.1, 0.15) is 124 Å². The summed E-state index contributed by atoms with van der Waals surface area (Å²) in [4.78, 5) is 116. The molecule has 4 amide bonds. The highest BCUT2D eigenvalue weighted by Gasteiger charge is 2.52. The standard InChI is InChI=1S/C54H74N6O15/c1-11-33-34-16-13-14-17-38(34)57-45-35(33)30-60-41(45)28-37-36(47(60)64)31-72-50(67)54(37,12-2)74-49(66)44(32(3)4)58-46(63)40-18-15-21-59(40)48(65)39(29-43(62)73-52(5,6)7)56-42(61)19-22-69-24-26-71-27-25-70-23-20-55-51(68)75-53(8,9)10/h13-14,16-17,28,32,39-40,44H,11-12,15,18-27,29-31H2,1-10H3,(H,55,68)(H,56,61)(H,58,63)/t39-,40-,44-,54-/m0/s1. The number of likely N-dealkylation sites (tertiary alicyclic amines) is 1. The molecule has 21 nitrogen and oxygen atoms in total. The van der Waals surface area contributed by atoms with Crippen LogP contribution in [0.15, 0.2) is 35.1 Å². The van der Waals surface area contributed by atoms with Crippen LogP contribution in [0.5, 0.6) is 0 Å². The van der Waals surface area contributed by atoms with Gasteiger partial charge in [-0.25, -0.2) is 19.4 Å². The zero-order valence-electron chi connectivity index (χ0n) is 45.0. The van der Waals surface area contributed by atoms with Gasteiger partial charge in [0.2, 0.25) is 23.3 Å². The lowest BCUT2D eigenvalue weighted by Gasteiger charge is -2.37. The average molecular weight is 1050 g/mol. The van der Waals surface area contributed by atoms with E-state index in [0.717, 1.165) is 22.0 Å². The Labute approximate surface area is 437 Å². The van der Waals surface area contributed by atoms with Gasteiger partial charge in [-0.1, -0.05) is 45.9 Å². The number of hydrogen-bond donors (Lipinski definition) is 3. The zero-order chi connectivity index (χ0) is 54.8. The number of hydrogen-bond acceptors (Lipinski definition) is 16. The van der Waals surface area contributed by atoms with E-state index in [1.165, 1.54) is 4.90 Å². The molecule has 3 N–H and O–H groups in total. The number of esters is 3. The third-order valence-corrected chi connectivity index (χ3v) is 12.9. The molecule has 21 heteroatoms. The van der Waals surface area contributed by atoms with Crippen LogP contribution in [0.3, 0.4) is 0 Å². The van der Waals surface area contributed by atoms with Crippen molar-refractivity contribution in [3.63, 3.8) is 0 Å². The van der Waals surface area contributed by atoms with Crippen LogP contribution in [0.25, 0.3) is 22.3 Å². The summed E-state index contributed by atoms with van der Waals surface area (Å²) in [5.41, 5.74) is 0.214. The molecule has 3 aliphatic heterocycles. The van der Waals surface area contributed by atoms with Gasteiger partial charge in [0.15, 0.2) is 0 Å². The first kappa shape index (κ1) is 57.8. The van der Waals surface area contributed by atoms with Gasteiger partial charge in [0.1, 0.15) is 35.9 Å². The summed E-state index contributed by atoms with van der Waals surface area (Å²) in [5.74, 6) is -5.14. The van der Waals surface area contributed by atoms with Crippen LogP contribution in [0, 0.1) is 5.92 Å². The van der Waals surface area contributed by atoms with E-state index < -0.39 is 94.5 Å². The molecule has 0 saturated carbocycles. The molecule has 0 bridgehead atoms. The SMILES string of the molecule is CCc1c2c(nc3ccccc13)-c1cc3c(c(=O)n1C2)COC(=O)[C@@]3(CC)OC(=O)[C@@H](NC(=O)[C@@H]1CCCN1C(=O)[C@H](CC(=O)OC(C)(C)C)NC(=O)CCOCCOCCOCCNC(=O)OC(C)(C)C)C(C)C. The molecule has 4 atom stereocenters. The lowest BCUT2D eigenvalue weighted by atomic mass is 9.85. The Morgan fingerprint density at radius 3 is 2.19 bits per heavy atom. The van der Waals surface area contributed by atoms with Crippen LogP contribution in [0.2, 0.25) is 0 Å². The number of carbonyl (C=O) groups is 7. The molecular weight excluding hydrogens is 973 g/mol. The number of alkyl carbamates (subject to hydrolysis) is 1. The van der Waals surface area contributed by atoms with E-state index in [-0.39, 0.29) is 96.3 Å². The second-order valence-electron chi connectivity index (χ2n) is 21.1. The summed E-state index contributed by atoms with van der Waals surface area (Å²) < 4.78 is 40.6. The number of aromatic nitrogens is 2. The number of cyclic esters (lactones) is 1.